The van der Waals surface area contributed by atoms with Gasteiger partial charge in [0.05, 0.1) is 0 Å². The van der Waals surface area contributed by atoms with Gasteiger partial charge in [0, 0.05) is 41.8 Å². The van der Waals surface area contributed by atoms with E-state index in [1.54, 1.807) is 7.05 Å². The number of nitrogens with one attached hydrogen (secondary N) is 2. The maximum atomic E-state index is 11.0. The number of carbonyl (C=O) groups excluding carboxylic acids is 1. The second kappa shape index (κ2) is 8.19. The Morgan fingerprint density at radius 2 is 2.08 bits per heavy atom. The lowest BCUT2D eigenvalue weighted by Gasteiger charge is -2.03. The molecule has 1 atom stereocenters. The molecule has 78 valence electrons. The topological polar surface area (TPSA) is 58.2 Å². The fourth-order valence-corrected chi connectivity index (χ4v) is 1.39. The number of amides is 1. The van der Waals surface area contributed by atoms with E-state index in [9.17, 15) is 9.00 Å². The van der Waals surface area contributed by atoms with Crippen LogP contribution in [-0.2, 0) is 15.6 Å². The van der Waals surface area contributed by atoms with Gasteiger partial charge in [-0.2, -0.15) is 0 Å². The molecule has 2 N–H and O–H groups in total. The number of hydrogen-bond donors (Lipinski definition) is 2. The third-order valence-corrected chi connectivity index (χ3v) is 2.88. The van der Waals surface area contributed by atoms with Crippen LogP contribution < -0.4 is 10.6 Å². The minimum atomic E-state index is -0.779. The first-order chi connectivity index (χ1) is 6.20. The van der Waals surface area contributed by atoms with E-state index < -0.39 is 10.8 Å². The molecule has 5 heteroatoms. The first kappa shape index (κ1) is 12.6. The number of hydrogen-bond acceptors (Lipinski definition) is 3. The zero-order chi connectivity index (χ0) is 10.1. The molecule has 0 aliphatic heterocycles. The van der Waals surface area contributed by atoms with Crippen LogP contribution in [0.1, 0.15) is 13.3 Å². The molecule has 1 amide bonds. The van der Waals surface area contributed by atoms with Crippen molar-refractivity contribution in [3.8, 4) is 0 Å². The van der Waals surface area contributed by atoms with Crippen molar-refractivity contribution in [3.05, 3.63) is 0 Å². The molecule has 0 saturated carbocycles. The summed E-state index contributed by atoms with van der Waals surface area (Å²) >= 11 is 0. The highest BCUT2D eigenvalue weighted by Crippen LogP contribution is 1.81. The summed E-state index contributed by atoms with van der Waals surface area (Å²) in [7, 11) is 1.03. The molecule has 0 bridgehead atoms. The van der Waals surface area contributed by atoms with E-state index in [4.69, 9.17) is 0 Å². The van der Waals surface area contributed by atoms with Crippen molar-refractivity contribution in [3.63, 3.8) is 0 Å². The Morgan fingerprint density at radius 3 is 2.62 bits per heavy atom. The lowest BCUT2D eigenvalue weighted by Crippen LogP contribution is -2.30. The predicted molar refractivity (Wildman–Crippen MR) is 55.1 cm³/mol. The minimum Gasteiger partial charge on any atom is -0.355 e. The predicted octanol–water partition coefficient (Wildman–Crippen LogP) is -0.519. The second-order valence-corrected chi connectivity index (χ2v) is 4.50. The van der Waals surface area contributed by atoms with Crippen LogP contribution in [0, 0.1) is 0 Å². The van der Waals surface area contributed by atoms with Gasteiger partial charge in [-0.05, 0) is 7.05 Å². The van der Waals surface area contributed by atoms with Gasteiger partial charge in [0.25, 0.3) is 0 Å². The average Bonchev–Trinajstić information content (AvgIpc) is 2.14. The first-order valence-electron chi connectivity index (χ1n) is 4.47. The highest BCUT2D eigenvalue weighted by molar-refractivity contribution is 7.84. The summed E-state index contributed by atoms with van der Waals surface area (Å²) in [5.41, 5.74) is 0. The molecule has 0 fully saturated rings. The Kier molecular flexibility index (Phi) is 7.93. The van der Waals surface area contributed by atoms with Gasteiger partial charge in [-0.1, -0.05) is 6.92 Å². The summed E-state index contributed by atoms with van der Waals surface area (Å²) in [6.07, 6.45) is 0.481. The fourth-order valence-electron chi connectivity index (χ4n) is 0.776. The van der Waals surface area contributed by atoms with E-state index >= 15 is 0 Å². The smallest absolute Gasteiger partial charge is 0.221 e. The van der Waals surface area contributed by atoms with Crippen molar-refractivity contribution in [2.75, 3.05) is 31.6 Å². The Hall–Kier alpha value is -0.420. The van der Waals surface area contributed by atoms with Gasteiger partial charge in [0.2, 0.25) is 5.91 Å². The molecule has 0 aliphatic carbocycles. The summed E-state index contributed by atoms with van der Waals surface area (Å²) in [5, 5.41) is 5.60. The monoisotopic (exact) mass is 206 g/mol. The Morgan fingerprint density at radius 1 is 1.38 bits per heavy atom. The second-order valence-electron chi connectivity index (χ2n) is 2.64. The van der Waals surface area contributed by atoms with E-state index in [-0.39, 0.29) is 5.91 Å². The highest BCUT2D eigenvalue weighted by atomic mass is 32.2. The van der Waals surface area contributed by atoms with Gasteiger partial charge in [0.15, 0.2) is 0 Å². The zero-order valence-corrected chi connectivity index (χ0v) is 9.08. The van der Waals surface area contributed by atoms with Gasteiger partial charge >= 0.3 is 0 Å². The highest BCUT2D eigenvalue weighted by Gasteiger charge is 2.00. The largest absolute Gasteiger partial charge is 0.355 e. The molecule has 1 unspecified atom stereocenters. The molecule has 0 radical (unpaired) electrons. The lowest BCUT2D eigenvalue weighted by atomic mass is 10.4. The minimum absolute atomic E-state index is 0.0162. The third-order valence-electron chi connectivity index (χ3n) is 1.58. The van der Waals surface area contributed by atoms with E-state index in [1.165, 1.54) is 0 Å². The molecule has 0 aromatic heterocycles. The van der Waals surface area contributed by atoms with E-state index in [1.807, 2.05) is 6.92 Å². The fraction of sp³-hybridized carbons (Fsp3) is 0.875. The van der Waals surface area contributed by atoms with Crippen LogP contribution in [0.25, 0.3) is 0 Å². The molecule has 0 rings (SSSR count). The van der Waals surface area contributed by atoms with Crippen molar-refractivity contribution in [1.29, 1.82) is 0 Å². The van der Waals surface area contributed by atoms with Crippen molar-refractivity contribution in [2.45, 2.75) is 13.3 Å². The van der Waals surface area contributed by atoms with Gasteiger partial charge < -0.3 is 10.6 Å². The van der Waals surface area contributed by atoms with Crippen molar-refractivity contribution in [2.24, 2.45) is 0 Å². The third kappa shape index (κ3) is 7.93. The molecule has 4 nitrogen and oxygen atoms in total. The molecular formula is C8H18N2O2S. The van der Waals surface area contributed by atoms with Gasteiger partial charge in [-0.25, -0.2) is 0 Å². The summed E-state index contributed by atoms with van der Waals surface area (Å²) in [5.74, 6) is 1.23. The first-order valence-corrected chi connectivity index (χ1v) is 5.95. The number of rotatable bonds is 7. The standard InChI is InChI=1S/C8H18N2O2S/c1-3-13(12)7-6-10-8(11)4-5-9-2/h9H,3-7H2,1-2H3,(H,10,11). The maximum Gasteiger partial charge on any atom is 0.221 e. The van der Waals surface area contributed by atoms with Crippen LogP contribution in [-0.4, -0.2) is 41.8 Å². The van der Waals surface area contributed by atoms with E-state index in [0.29, 0.717) is 31.0 Å². The van der Waals surface area contributed by atoms with Crippen molar-refractivity contribution < 1.29 is 9.00 Å². The SMILES string of the molecule is CCS(=O)CCNC(=O)CCNC. The van der Waals surface area contributed by atoms with Crippen LogP contribution in [0.2, 0.25) is 0 Å². The molecule has 0 aromatic rings. The average molecular weight is 206 g/mol. The van der Waals surface area contributed by atoms with Crippen LogP contribution in [0.4, 0.5) is 0 Å². The van der Waals surface area contributed by atoms with Crippen molar-refractivity contribution in [1.82, 2.24) is 10.6 Å². The van der Waals surface area contributed by atoms with Crippen LogP contribution in [0.5, 0.6) is 0 Å². The van der Waals surface area contributed by atoms with Crippen molar-refractivity contribution >= 4 is 16.7 Å². The Bertz CT molecular complexity index is 174. The number of carbonyl (C=O) groups is 1. The summed E-state index contributed by atoms with van der Waals surface area (Å²) in [6.45, 7) is 3.07. The quantitative estimate of drug-likeness (QED) is 0.589. The lowest BCUT2D eigenvalue weighted by molar-refractivity contribution is -0.120. The molecular weight excluding hydrogens is 188 g/mol. The molecule has 0 aromatic carbocycles. The van der Waals surface area contributed by atoms with Gasteiger partial charge in [-0.15, -0.1) is 0 Å². The zero-order valence-electron chi connectivity index (χ0n) is 8.26. The summed E-state index contributed by atoms with van der Waals surface area (Å²) in [4.78, 5) is 11.0. The summed E-state index contributed by atoms with van der Waals surface area (Å²) < 4.78 is 11.0. The molecule has 0 saturated heterocycles. The van der Waals surface area contributed by atoms with Crippen LogP contribution >= 0.6 is 0 Å². The molecule has 13 heavy (non-hydrogen) atoms. The maximum absolute atomic E-state index is 11.0. The molecule has 0 aliphatic rings. The Balaban J connectivity index is 3.31. The van der Waals surface area contributed by atoms with Gasteiger partial charge in [-0.3, -0.25) is 9.00 Å². The van der Waals surface area contributed by atoms with E-state index in [2.05, 4.69) is 10.6 Å². The molecule has 0 heterocycles. The molecule has 0 spiro atoms. The summed E-state index contributed by atoms with van der Waals surface area (Å²) in [6, 6.07) is 0. The van der Waals surface area contributed by atoms with E-state index in [0.717, 1.165) is 0 Å². The normalized spacial score (nSPS) is 12.5. The van der Waals surface area contributed by atoms with Crippen LogP contribution in [0.3, 0.4) is 0 Å². The van der Waals surface area contributed by atoms with Crippen LogP contribution in [0.15, 0.2) is 0 Å². The van der Waals surface area contributed by atoms with Gasteiger partial charge in [0.1, 0.15) is 0 Å². The Labute approximate surface area is 81.9 Å².